The Labute approximate surface area is 138 Å². The van der Waals surface area contributed by atoms with Crippen molar-refractivity contribution < 1.29 is 8.78 Å². The fraction of sp³-hybridized carbons (Fsp3) is 0.0769. The molecule has 0 atom stereocenters. The molecule has 0 radical (unpaired) electrons. The molecule has 7 heteroatoms. The normalized spacial score (nSPS) is 10.7. The number of anilines is 1. The van der Waals surface area contributed by atoms with Crippen LogP contribution in [0.1, 0.15) is 5.56 Å². The lowest BCUT2D eigenvalue weighted by atomic mass is 10.2. The third-order valence-electron chi connectivity index (χ3n) is 2.59. The Kier molecular flexibility index (Phi) is 5.13. The number of nitrogens with one attached hydrogen (secondary N) is 1. The topological polar surface area (TPSA) is 12.0 Å². The van der Waals surface area contributed by atoms with Crippen molar-refractivity contribution in [3.63, 3.8) is 0 Å². The molecule has 0 saturated heterocycles. The van der Waals surface area contributed by atoms with Gasteiger partial charge >= 0.3 is 0 Å². The molecule has 0 bridgehead atoms. The largest absolute Gasteiger partial charge is 0.378 e. The van der Waals surface area contributed by atoms with Crippen LogP contribution in [0.5, 0.6) is 0 Å². The molecular formula is C13H7BrCl3F2N. The predicted octanol–water partition coefficient (Wildman–Crippen LogP) is 6.30. The van der Waals surface area contributed by atoms with Crippen LogP contribution in [0.2, 0.25) is 15.1 Å². The van der Waals surface area contributed by atoms with E-state index in [4.69, 9.17) is 34.8 Å². The number of benzene rings is 2. The first-order valence-electron chi connectivity index (χ1n) is 5.41. The zero-order valence-electron chi connectivity index (χ0n) is 9.78. The van der Waals surface area contributed by atoms with Gasteiger partial charge in [0.15, 0.2) is 0 Å². The Morgan fingerprint density at radius 2 is 1.70 bits per heavy atom. The number of halogens is 6. The average Bonchev–Trinajstić information content (AvgIpc) is 2.36. The van der Waals surface area contributed by atoms with Crippen molar-refractivity contribution in [3.05, 3.63) is 61.0 Å². The molecule has 0 amide bonds. The number of rotatable bonds is 3. The fourth-order valence-electron chi connectivity index (χ4n) is 1.62. The Bertz CT molecular complexity index is 641. The molecule has 0 unspecified atom stereocenters. The Balaban J connectivity index is 2.28. The van der Waals surface area contributed by atoms with E-state index in [2.05, 4.69) is 21.2 Å². The van der Waals surface area contributed by atoms with Gasteiger partial charge in [0.05, 0.1) is 15.7 Å². The smallest absolute Gasteiger partial charge is 0.150 e. The van der Waals surface area contributed by atoms with Crippen LogP contribution in [-0.4, -0.2) is 0 Å². The SMILES string of the molecule is Fc1cc(F)c(NCc2c(Cl)ccc(Cl)c2Cl)c(Br)c1. The van der Waals surface area contributed by atoms with Crippen molar-refractivity contribution in [2.45, 2.75) is 6.54 Å². The number of hydrogen-bond donors (Lipinski definition) is 1. The molecule has 20 heavy (non-hydrogen) atoms. The van der Waals surface area contributed by atoms with E-state index in [1.54, 1.807) is 12.1 Å². The molecule has 0 fully saturated rings. The summed E-state index contributed by atoms with van der Waals surface area (Å²) in [6.45, 7) is 0.152. The molecule has 0 spiro atoms. The highest BCUT2D eigenvalue weighted by molar-refractivity contribution is 9.10. The van der Waals surface area contributed by atoms with Gasteiger partial charge < -0.3 is 5.32 Å². The minimum absolute atomic E-state index is 0.124. The van der Waals surface area contributed by atoms with E-state index < -0.39 is 11.6 Å². The van der Waals surface area contributed by atoms with E-state index in [9.17, 15) is 8.78 Å². The van der Waals surface area contributed by atoms with Gasteiger partial charge in [-0.3, -0.25) is 0 Å². The van der Waals surface area contributed by atoms with Crippen molar-refractivity contribution >= 4 is 56.4 Å². The van der Waals surface area contributed by atoms with Gasteiger partial charge in [0.1, 0.15) is 11.6 Å². The van der Waals surface area contributed by atoms with Crippen molar-refractivity contribution in [1.29, 1.82) is 0 Å². The van der Waals surface area contributed by atoms with E-state index in [-0.39, 0.29) is 16.7 Å². The fourth-order valence-corrected chi connectivity index (χ4v) is 2.85. The van der Waals surface area contributed by atoms with Crippen LogP contribution >= 0.6 is 50.7 Å². The van der Waals surface area contributed by atoms with Crippen LogP contribution in [0.25, 0.3) is 0 Å². The summed E-state index contributed by atoms with van der Waals surface area (Å²) >= 11 is 21.1. The Morgan fingerprint density at radius 1 is 1.05 bits per heavy atom. The maximum absolute atomic E-state index is 13.7. The molecular weight excluding hydrogens is 394 g/mol. The van der Waals surface area contributed by atoms with E-state index in [0.29, 0.717) is 20.6 Å². The second kappa shape index (κ2) is 6.48. The summed E-state index contributed by atoms with van der Waals surface area (Å²) in [5.74, 6) is -1.38. The Morgan fingerprint density at radius 3 is 2.35 bits per heavy atom. The lowest BCUT2D eigenvalue weighted by Gasteiger charge is -2.13. The minimum atomic E-state index is -0.717. The second-order valence-electron chi connectivity index (χ2n) is 3.92. The molecule has 1 nitrogen and oxygen atoms in total. The van der Waals surface area contributed by atoms with Gasteiger partial charge in [0.2, 0.25) is 0 Å². The first-order valence-corrected chi connectivity index (χ1v) is 7.33. The molecule has 2 rings (SSSR count). The third kappa shape index (κ3) is 3.37. The van der Waals surface area contributed by atoms with Gasteiger partial charge in [0, 0.05) is 27.7 Å². The summed E-state index contributed by atoms with van der Waals surface area (Å²) in [4.78, 5) is 0. The van der Waals surface area contributed by atoms with Crippen molar-refractivity contribution in [2.24, 2.45) is 0 Å². The predicted molar refractivity (Wildman–Crippen MR) is 82.9 cm³/mol. The first kappa shape index (κ1) is 15.8. The molecule has 0 aliphatic heterocycles. The average molecular weight is 401 g/mol. The van der Waals surface area contributed by atoms with E-state index in [1.807, 2.05) is 0 Å². The van der Waals surface area contributed by atoms with Crippen LogP contribution in [0.15, 0.2) is 28.7 Å². The van der Waals surface area contributed by atoms with Crippen molar-refractivity contribution in [1.82, 2.24) is 0 Å². The highest BCUT2D eigenvalue weighted by atomic mass is 79.9. The van der Waals surface area contributed by atoms with Gasteiger partial charge in [-0.1, -0.05) is 34.8 Å². The zero-order valence-corrected chi connectivity index (χ0v) is 13.6. The summed E-state index contributed by atoms with van der Waals surface area (Å²) in [6, 6.07) is 5.12. The molecule has 2 aromatic rings. The van der Waals surface area contributed by atoms with E-state index >= 15 is 0 Å². The standard InChI is InChI=1S/C13H7BrCl3F2N/c14-8-3-6(18)4-11(19)13(8)20-5-7-9(15)1-2-10(16)12(7)17/h1-4,20H,5H2. The maximum atomic E-state index is 13.7. The first-order chi connectivity index (χ1) is 9.40. The molecule has 1 N–H and O–H groups in total. The summed E-state index contributed by atoms with van der Waals surface area (Å²) in [5, 5.41) is 3.88. The summed E-state index contributed by atoms with van der Waals surface area (Å²) in [7, 11) is 0. The van der Waals surface area contributed by atoms with E-state index in [1.165, 1.54) is 0 Å². The third-order valence-corrected chi connectivity index (χ3v) is 4.41. The number of hydrogen-bond acceptors (Lipinski definition) is 1. The van der Waals surface area contributed by atoms with Gasteiger partial charge in [-0.15, -0.1) is 0 Å². The van der Waals surface area contributed by atoms with Gasteiger partial charge in [-0.25, -0.2) is 8.78 Å². The molecule has 0 aromatic heterocycles. The van der Waals surface area contributed by atoms with Crippen LogP contribution in [0.4, 0.5) is 14.5 Å². The highest BCUT2D eigenvalue weighted by Gasteiger charge is 2.13. The minimum Gasteiger partial charge on any atom is -0.378 e. The van der Waals surface area contributed by atoms with E-state index in [0.717, 1.165) is 12.1 Å². The van der Waals surface area contributed by atoms with Gasteiger partial charge in [0.25, 0.3) is 0 Å². The van der Waals surface area contributed by atoms with Gasteiger partial charge in [-0.2, -0.15) is 0 Å². The summed E-state index contributed by atoms with van der Waals surface area (Å²) in [6.07, 6.45) is 0. The van der Waals surface area contributed by atoms with Crippen LogP contribution < -0.4 is 5.32 Å². The molecule has 0 saturated carbocycles. The van der Waals surface area contributed by atoms with Gasteiger partial charge in [-0.05, 0) is 34.1 Å². The zero-order chi connectivity index (χ0) is 14.9. The van der Waals surface area contributed by atoms with Crippen LogP contribution in [-0.2, 0) is 6.54 Å². The molecule has 2 aromatic carbocycles. The highest BCUT2D eigenvalue weighted by Crippen LogP contribution is 2.33. The van der Waals surface area contributed by atoms with Crippen LogP contribution in [0, 0.1) is 11.6 Å². The lowest BCUT2D eigenvalue weighted by Crippen LogP contribution is -2.04. The maximum Gasteiger partial charge on any atom is 0.150 e. The molecule has 0 aliphatic rings. The Hall–Kier alpha value is -0.550. The molecule has 0 aliphatic carbocycles. The van der Waals surface area contributed by atoms with Crippen LogP contribution in [0.3, 0.4) is 0 Å². The lowest BCUT2D eigenvalue weighted by molar-refractivity contribution is 0.583. The summed E-state index contributed by atoms with van der Waals surface area (Å²) < 4.78 is 26.9. The monoisotopic (exact) mass is 399 g/mol. The quantitative estimate of drug-likeness (QED) is 0.595. The summed E-state index contributed by atoms with van der Waals surface area (Å²) in [5.41, 5.74) is 0.662. The molecule has 106 valence electrons. The molecule has 0 heterocycles. The second-order valence-corrected chi connectivity index (χ2v) is 5.97. The van der Waals surface area contributed by atoms with Crippen molar-refractivity contribution in [2.75, 3.05) is 5.32 Å². The van der Waals surface area contributed by atoms with Crippen molar-refractivity contribution in [3.8, 4) is 0 Å².